The predicted octanol–water partition coefficient (Wildman–Crippen LogP) is 8.00. The number of aromatic nitrogens is 1. The highest BCUT2D eigenvalue weighted by molar-refractivity contribution is 6.99. The largest absolute Gasteiger partial charge is 0.407 e. The number of H-pyrrole nitrogens is 1. The molecule has 4 atom stereocenters. The molecule has 1 N–H and O–H groups in total. The minimum atomic E-state index is -2.78. The molecule has 1 aliphatic heterocycles. The Morgan fingerprint density at radius 2 is 1.46 bits per heavy atom. The highest BCUT2D eigenvalue weighted by Gasteiger charge is 2.56. The number of hydrogen-bond donors (Lipinski definition) is 1. The predicted molar refractivity (Wildman–Crippen MR) is 191 cm³/mol. The average Bonchev–Trinajstić information content (AvgIpc) is 3.48. The fourth-order valence-corrected chi connectivity index (χ4v) is 13.5. The van der Waals surface area contributed by atoms with Gasteiger partial charge in [0.05, 0.1) is 6.04 Å². The summed E-state index contributed by atoms with van der Waals surface area (Å²) < 4.78 is 7.67. The number of benzene rings is 4. The van der Waals surface area contributed by atoms with Crippen LogP contribution in [0.15, 0.2) is 115 Å². The molecule has 5 heteroatoms. The number of nitrogens with zero attached hydrogens (tertiary/aromatic N) is 1. The third kappa shape index (κ3) is 5.00. The van der Waals surface area contributed by atoms with Crippen LogP contribution in [0.3, 0.4) is 0 Å². The molecule has 46 heavy (non-hydrogen) atoms. The molecule has 0 radical (unpaired) electrons. The van der Waals surface area contributed by atoms with Crippen LogP contribution in [0.5, 0.6) is 0 Å². The standard InChI is InChI=1S/C41H46N2O2Si/c1-5-41(29-44)28-43(26-30-17-9-6-10-18-30)37-25-35(41)34(38-33-23-15-16-24-36(33)42-39(37)38)27-45-46(40(2,3)4,31-19-11-7-12-20-31)32-21-13-8-14-22-32/h6-24,29,34-35,37,42H,5,25-28H2,1-4H3/t34-,35?,37+,41+/m1/s1. The summed E-state index contributed by atoms with van der Waals surface area (Å²) in [6.45, 7) is 11.4. The van der Waals surface area contributed by atoms with Gasteiger partial charge < -0.3 is 14.2 Å². The Balaban J connectivity index is 1.38. The summed E-state index contributed by atoms with van der Waals surface area (Å²) in [5, 5.41) is 3.72. The number of aromatic amines is 1. The molecule has 0 saturated carbocycles. The van der Waals surface area contributed by atoms with Crippen molar-refractivity contribution >= 4 is 35.9 Å². The number of carbonyl (C=O) groups is 1. The summed E-state index contributed by atoms with van der Waals surface area (Å²) in [6.07, 6.45) is 3.06. The monoisotopic (exact) mass is 626 g/mol. The molecule has 1 fully saturated rings. The van der Waals surface area contributed by atoms with Crippen molar-refractivity contribution in [2.75, 3.05) is 13.2 Å². The van der Waals surface area contributed by atoms with E-state index in [2.05, 4.69) is 153 Å². The number of para-hydroxylation sites is 1. The van der Waals surface area contributed by atoms with Crippen molar-refractivity contribution in [2.24, 2.45) is 11.3 Å². The SMILES string of the molecule is CC[C@@]1(C=O)CN(Cc2ccccc2)[C@H]2CC1[C@@H](CO[Si](c1ccccc1)(c1ccccc1)C(C)(C)C)c1c2[nH]c2ccccc12. The number of fused-ring (bicyclic) bond motifs is 6. The van der Waals surface area contributed by atoms with Crippen LogP contribution in [0.1, 0.15) is 69.3 Å². The van der Waals surface area contributed by atoms with Crippen molar-refractivity contribution < 1.29 is 9.22 Å². The molecule has 7 rings (SSSR count). The number of likely N-dealkylation sites (tertiary alicyclic amines) is 1. The molecule has 4 nitrogen and oxygen atoms in total. The maximum Gasteiger partial charge on any atom is 0.261 e. The van der Waals surface area contributed by atoms with Gasteiger partial charge in [0.15, 0.2) is 0 Å². The smallest absolute Gasteiger partial charge is 0.261 e. The molecule has 1 aliphatic carbocycles. The molecular formula is C41H46N2O2Si. The van der Waals surface area contributed by atoms with E-state index in [0.29, 0.717) is 6.61 Å². The fraction of sp³-hybridized carbons (Fsp3) is 0.341. The number of piperidine rings is 1. The molecule has 2 bridgehead atoms. The van der Waals surface area contributed by atoms with Crippen LogP contribution in [-0.4, -0.2) is 37.6 Å². The first-order valence-electron chi connectivity index (χ1n) is 16.9. The van der Waals surface area contributed by atoms with Crippen LogP contribution >= 0.6 is 0 Å². The van der Waals surface area contributed by atoms with Crippen molar-refractivity contribution in [3.8, 4) is 0 Å². The van der Waals surface area contributed by atoms with Gasteiger partial charge in [-0.2, -0.15) is 0 Å². The van der Waals surface area contributed by atoms with Crippen LogP contribution in [0.2, 0.25) is 5.04 Å². The van der Waals surface area contributed by atoms with E-state index in [0.717, 1.165) is 25.9 Å². The molecule has 0 spiro atoms. The lowest BCUT2D eigenvalue weighted by molar-refractivity contribution is -0.129. The molecule has 1 unspecified atom stereocenters. The lowest BCUT2D eigenvalue weighted by atomic mass is 9.58. The summed E-state index contributed by atoms with van der Waals surface area (Å²) in [4.78, 5) is 19.9. The molecule has 0 amide bonds. The second kappa shape index (κ2) is 12.1. The Hall–Kier alpha value is -3.77. The van der Waals surface area contributed by atoms with Gasteiger partial charge in [-0.25, -0.2) is 0 Å². The van der Waals surface area contributed by atoms with Gasteiger partial charge in [-0.05, 0) is 51.4 Å². The van der Waals surface area contributed by atoms with E-state index in [-0.39, 0.29) is 22.9 Å². The molecule has 4 aromatic carbocycles. The zero-order valence-corrected chi connectivity index (χ0v) is 28.6. The summed E-state index contributed by atoms with van der Waals surface area (Å²) in [6, 6.07) is 41.5. The minimum absolute atomic E-state index is 0.0908. The fourth-order valence-electron chi connectivity index (χ4n) is 8.89. The van der Waals surface area contributed by atoms with Gasteiger partial charge in [-0.3, -0.25) is 4.90 Å². The van der Waals surface area contributed by atoms with Crippen LogP contribution < -0.4 is 10.4 Å². The summed E-state index contributed by atoms with van der Waals surface area (Å²) in [5.74, 6) is 0.269. The first kappa shape index (κ1) is 30.9. The number of carbonyl (C=O) groups excluding carboxylic acids is 1. The van der Waals surface area contributed by atoms with Crippen LogP contribution in [0, 0.1) is 11.3 Å². The zero-order valence-electron chi connectivity index (χ0n) is 27.6. The number of rotatable bonds is 9. The Labute approximate surface area is 274 Å². The third-order valence-corrected chi connectivity index (χ3v) is 16.1. The van der Waals surface area contributed by atoms with E-state index in [1.807, 2.05) is 0 Å². The maximum absolute atomic E-state index is 13.4. The quantitative estimate of drug-likeness (QED) is 0.133. The van der Waals surface area contributed by atoms with Gasteiger partial charge in [-0.15, -0.1) is 0 Å². The second-order valence-electron chi connectivity index (χ2n) is 14.5. The minimum Gasteiger partial charge on any atom is -0.407 e. The summed E-state index contributed by atoms with van der Waals surface area (Å²) >= 11 is 0. The molecule has 2 aliphatic rings. The summed E-state index contributed by atoms with van der Waals surface area (Å²) in [5.41, 5.74) is 4.66. The molecular weight excluding hydrogens is 581 g/mol. The first-order chi connectivity index (χ1) is 22.3. The van der Waals surface area contributed by atoms with Crippen molar-refractivity contribution in [1.82, 2.24) is 9.88 Å². The lowest BCUT2D eigenvalue weighted by Gasteiger charge is -2.55. The van der Waals surface area contributed by atoms with E-state index < -0.39 is 13.7 Å². The number of aldehydes is 1. The van der Waals surface area contributed by atoms with Crippen LogP contribution in [0.25, 0.3) is 10.9 Å². The van der Waals surface area contributed by atoms with Gasteiger partial charge >= 0.3 is 0 Å². The normalized spacial score (nSPS) is 23.3. The van der Waals surface area contributed by atoms with Gasteiger partial charge in [0.2, 0.25) is 0 Å². The zero-order chi connectivity index (χ0) is 31.9. The van der Waals surface area contributed by atoms with E-state index in [9.17, 15) is 4.79 Å². The van der Waals surface area contributed by atoms with Crippen molar-refractivity contribution in [1.29, 1.82) is 0 Å². The Morgan fingerprint density at radius 1 is 0.870 bits per heavy atom. The van der Waals surface area contributed by atoms with Gasteiger partial charge in [0, 0.05) is 47.6 Å². The van der Waals surface area contributed by atoms with E-state index >= 15 is 0 Å². The third-order valence-electron chi connectivity index (χ3n) is 11.1. The van der Waals surface area contributed by atoms with Crippen LogP contribution in [0.4, 0.5) is 0 Å². The van der Waals surface area contributed by atoms with Crippen molar-refractivity contribution in [3.63, 3.8) is 0 Å². The topological polar surface area (TPSA) is 45.3 Å². The molecule has 236 valence electrons. The molecule has 1 saturated heterocycles. The molecule has 5 aromatic rings. The molecule has 2 heterocycles. The number of nitrogens with one attached hydrogen (secondary N) is 1. The molecule has 1 aromatic heterocycles. The van der Waals surface area contributed by atoms with Crippen LogP contribution in [-0.2, 0) is 15.8 Å². The van der Waals surface area contributed by atoms with Crippen molar-refractivity contribution in [3.05, 3.63) is 132 Å². The van der Waals surface area contributed by atoms with E-state index in [1.54, 1.807) is 0 Å². The lowest BCUT2D eigenvalue weighted by Crippen LogP contribution is -2.67. The van der Waals surface area contributed by atoms with Crippen molar-refractivity contribution in [2.45, 2.75) is 64.1 Å². The summed E-state index contributed by atoms with van der Waals surface area (Å²) in [7, 11) is -2.78. The maximum atomic E-state index is 13.4. The van der Waals surface area contributed by atoms with Gasteiger partial charge in [0.25, 0.3) is 8.32 Å². The highest BCUT2D eigenvalue weighted by Crippen LogP contribution is 2.57. The van der Waals surface area contributed by atoms with Gasteiger partial charge in [-0.1, -0.05) is 137 Å². The average molecular weight is 627 g/mol. The van der Waals surface area contributed by atoms with E-state index in [1.165, 1.54) is 44.4 Å². The van der Waals surface area contributed by atoms with E-state index in [4.69, 9.17) is 4.43 Å². The Kier molecular flexibility index (Phi) is 8.12. The Morgan fingerprint density at radius 3 is 2.04 bits per heavy atom. The van der Waals surface area contributed by atoms with Gasteiger partial charge in [0.1, 0.15) is 6.29 Å². The first-order valence-corrected chi connectivity index (χ1v) is 18.8. The number of hydrogen-bond acceptors (Lipinski definition) is 3. The highest BCUT2D eigenvalue weighted by atomic mass is 28.4. The Bertz CT molecular complexity index is 1760. The second-order valence-corrected chi connectivity index (χ2v) is 18.8.